The zero-order valence-electron chi connectivity index (χ0n) is 47.2. The van der Waals surface area contributed by atoms with Crippen molar-refractivity contribution >= 4 is 27.0 Å². The molecule has 73 heavy (non-hydrogen) atoms. The summed E-state index contributed by atoms with van der Waals surface area (Å²) < 4.78 is 61.0. The highest BCUT2D eigenvalue weighted by Crippen LogP contribution is 2.46. The van der Waals surface area contributed by atoms with Crippen LogP contribution in [0.3, 0.4) is 0 Å². The SMILES string of the molecule is CCCC[C@@H](OCc1ccc(OC)cc1)[C@H]1CC[C@H](C[C@H]2CC[C@@H](O[Si](C)(C)C(C)(C)C)[C@@](OC)([C@@H](C/C(C)=C/[C@@H](C)CO[Si](c3ccccc3)(c3ccccc3)C(C)(C)C)OCc3ccc(OC)cc3)O2)O1. The standard InChI is InChI=1S/C62H92O9Si2/c1-15-16-27-56(66-44-48-28-32-50(63-10)33-29-48)57-38-36-52(69-57)42-53-37-39-58(71-72(13,14)60(4,5)6)62(65-12,70-53)59(67-45-49-30-34-51(64-11)35-31-49)41-46(2)40-47(3)43-68-73(61(7,8)9,54-23-19-17-20-24-54)55-25-21-18-22-26-55/h17-26,28-35,40,47,52-53,56-59H,15-16,27,36-39,41-45H2,1-14H3/b46-40+/t47-,52-,53-,56-,57-,58-,59-,62+/m1/s1. The van der Waals surface area contributed by atoms with Gasteiger partial charge >= 0.3 is 0 Å². The van der Waals surface area contributed by atoms with E-state index in [1.165, 1.54) is 15.9 Å². The van der Waals surface area contributed by atoms with Gasteiger partial charge in [0.1, 0.15) is 23.7 Å². The predicted octanol–water partition coefficient (Wildman–Crippen LogP) is 13.8. The lowest BCUT2D eigenvalue weighted by Gasteiger charge is -2.52. The second kappa shape index (κ2) is 26.4. The van der Waals surface area contributed by atoms with E-state index in [-0.39, 0.29) is 46.5 Å². The molecule has 0 saturated carbocycles. The molecule has 2 aliphatic rings. The molecule has 0 aliphatic carbocycles. The lowest BCUT2D eigenvalue weighted by molar-refractivity contribution is -0.352. The van der Waals surface area contributed by atoms with Crippen molar-refractivity contribution < 1.29 is 42.0 Å². The molecule has 0 amide bonds. The van der Waals surface area contributed by atoms with Gasteiger partial charge in [-0.05, 0) is 127 Å². The van der Waals surface area contributed by atoms with Gasteiger partial charge in [-0.15, -0.1) is 0 Å². The Balaban J connectivity index is 1.28. The van der Waals surface area contributed by atoms with Crippen LogP contribution in [-0.2, 0) is 45.8 Å². The van der Waals surface area contributed by atoms with Crippen LogP contribution in [0.5, 0.6) is 11.5 Å². The number of benzene rings is 4. The van der Waals surface area contributed by atoms with Crippen LogP contribution in [0.15, 0.2) is 121 Å². The number of unbranched alkanes of at least 4 members (excludes halogenated alkanes) is 1. The van der Waals surface area contributed by atoms with E-state index in [1.807, 2.05) is 24.3 Å². The summed E-state index contributed by atoms with van der Waals surface area (Å²) in [6.45, 7) is 26.7. The van der Waals surface area contributed by atoms with Crippen LogP contribution in [0, 0.1) is 5.92 Å². The molecular formula is C62H92O9Si2. The van der Waals surface area contributed by atoms with Crippen LogP contribution >= 0.6 is 0 Å². The fourth-order valence-electron chi connectivity index (χ4n) is 10.7. The van der Waals surface area contributed by atoms with E-state index < -0.39 is 28.5 Å². The highest BCUT2D eigenvalue weighted by molar-refractivity contribution is 6.99. The molecule has 0 bridgehead atoms. The molecule has 402 valence electrons. The molecule has 0 unspecified atom stereocenters. The maximum atomic E-state index is 7.52. The summed E-state index contributed by atoms with van der Waals surface area (Å²) in [4.78, 5) is 0. The Labute approximate surface area is 443 Å². The minimum Gasteiger partial charge on any atom is -0.497 e. The van der Waals surface area contributed by atoms with Gasteiger partial charge in [0.25, 0.3) is 8.32 Å². The summed E-state index contributed by atoms with van der Waals surface area (Å²) in [5.41, 5.74) is 3.35. The molecule has 4 aromatic rings. The van der Waals surface area contributed by atoms with Gasteiger partial charge < -0.3 is 42.0 Å². The van der Waals surface area contributed by atoms with E-state index in [9.17, 15) is 0 Å². The average molecular weight is 1040 g/mol. The minimum absolute atomic E-state index is 0.0157. The third-order valence-electron chi connectivity index (χ3n) is 15.8. The molecule has 2 heterocycles. The van der Waals surface area contributed by atoms with Gasteiger partial charge in [-0.2, -0.15) is 0 Å². The number of ether oxygens (including phenoxy) is 7. The highest BCUT2D eigenvalue weighted by Gasteiger charge is 2.56. The molecule has 0 aromatic heterocycles. The topological polar surface area (TPSA) is 83.1 Å². The van der Waals surface area contributed by atoms with Crippen molar-refractivity contribution in [1.82, 2.24) is 0 Å². The van der Waals surface area contributed by atoms with E-state index in [0.717, 1.165) is 74.0 Å². The number of hydrogen-bond donors (Lipinski definition) is 0. The Morgan fingerprint density at radius 2 is 1.26 bits per heavy atom. The zero-order valence-corrected chi connectivity index (χ0v) is 49.2. The normalized spacial score (nSPS) is 22.5. The van der Waals surface area contributed by atoms with Gasteiger partial charge in [-0.3, -0.25) is 0 Å². The minimum atomic E-state index is -2.74. The summed E-state index contributed by atoms with van der Waals surface area (Å²) in [6, 6.07) is 38.0. The van der Waals surface area contributed by atoms with Crippen LogP contribution in [0.1, 0.15) is 131 Å². The molecular weight excluding hydrogens is 945 g/mol. The maximum absolute atomic E-state index is 7.52. The molecule has 9 nitrogen and oxygen atoms in total. The molecule has 2 aliphatic heterocycles. The van der Waals surface area contributed by atoms with Crippen molar-refractivity contribution in [3.63, 3.8) is 0 Å². The summed E-state index contributed by atoms with van der Waals surface area (Å²) in [5, 5.41) is 2.40. The molecule has 0 radical (unpaired) electrons. The van der Waals surface area contributed by atoms with Crippen LogP contribution in [0.4, 0.5) is 0 Å². The molecule has 2 saturated heterocycles. The van der Waals surface area contributed by atoms with Gasteiger partial charge in [0.05, 0.1) is 51.8 Å². The maximum Gasteiger partial charge on any atom is 0.261 e. The molecule has 4 aromatic carbocycles. The lowest BCUT2D eigenvalue weighted by atomic mass is 9.88. The lowest BCUT2D eigenvalue weighted by Crippen LogP contribution is -2.66. The van der Waals surface area contributed by atoms with E-state index in [0.29, 0.717) is 26.2 Å². The molecule has 0 spiro atoms. The van der Waals surface area contributed by atoms with E-state index in [1.54, 1.807) is 21.3 Å². The molecule has 2 fully saturated rings. The fraction of sp³-hybridized carbons (Fsp3) is 0.581. The van der Waals surface area contributed by atoms with Crippen molar-refractivity contribution in [3.05, 3.63) is 132 Å². The molecule has 6 rings (SSSR count). The van der Waals surface area contributed by atoms with Crippen molar-refractivity contribution in [2.45, 2.75) is 199 Å². The predicted molar refractivity (Wildman–Crippen MR) is 302 cm³/mol. The monoisotopic (exact) mass is 1040 g/mol. The molecule has 8 atom stereocenters. The second-order valence-electron chi connectivity index (χ2n) is 23.4. The quantitative estimate of drug-likeness (QED) is 0.0451. The first-order valence-electron chi connectivity index (χ1n) is 27.2. The van der Waals surface area contributed by atoms with E-state index in [2.05, 4.69) is 166 Å². The van der Waals surface area contributed by atoms with Gasteiger partial charge in [0.2, 0.25) is 5.79 Å². The number of hydrogen-bond acceptors (Lipinski definition) is 9. The van der Waals surface area contributed by atoms with Gasteiger partial charge in [0.15, 0.2) is 8.32 Å². The largest absolute Gasteiger partial charge is 0.497 e. The van der Waals surface area contributed by atoms with Crippen LogP contribution in [0.2, 0.25) is 23.2 Å². The fourth-order valence-corrected chi connectivity index (χ4v) is 16.7. The molecule has 11 heteroatoms. The van der Waals surface area contributed by atoms with Crippen LogP contribution in [0.25, 0.3) is 0 Å². The van der Waals surface area contributed by atoms with Crippen molar-refractivity contribution in [2.24, 2.45) is 5.92 Å². The molecule has 0 N–H and O–H groups in total. The third-order valence-corrected chi connectivity index (χ3v) is 25.3. The number of methoxy groups -OCH3 is 3. The van der Waals surface area contributed by atoms with Gasteiger partial charge in [0, 0.05) is 13.7 Å². The summed E-state index contributed by atoms with van der Waals surface area (Å²) >= 11 is 0. The first-order chi connectivity index (χ1) is 34.8. The highest BCUT2D eigenvalue weighted by atomic mass is 28.4. The van der Waals surface area contributed by atoms with Crippen LogP contribution < -0.4 is 19.8 Å². The Kier molecular flexibility index (Phi) is 21.2. The summed E-state index contributed by atoms with van der Waals surface area (Å²) in [6.07, 6.45) is 9.45. The number of rotatable bonds is 26. The third kappa shape index (κ3) is 15.1. The van der Waals surface area contributed by atoms with E-state index in [4.69, 9.17) is 42.0 Å². The Morgan fingerprint density at radius 3 is 1.77 bits per heavy atom. The van der Waals surface area contributed by atoms with E-state index >= 15 is 0 Å². The van der Waals surface area contributed by atoms with Crippen molar-refractivity contribution in [1.29, 1.82) is 0 Å². The van der Waals surface area contributed by atoms with Gasteiger partial charge in [-0.25, -0.2) is 0 Å². The first-order valence-corrected chi connectivity index (χ1v) is 32.1. The van der Waals surface area contributed by atoms with Gasteiger partial charge in [-0.1, -0.05) is 165 Å². The zero-order chi connectivity index (χ0) is 52.9. The Morgan fingerprint density at radius 1 is 0.712 bits per heavy atom. The Bertz CT molecular complexity index is 2220. The summed E-state index contributed by atoms with van der Waals surface area (Å²) in [7, 11) is 0.0936. The smallest absolute Gasteiger partial charge is 0.261 e. The second-order valence-corrected chi connectivity index (χ2v) is 32.4. The van der Waals surface area contributed by atoms with Crippen LogP contribution in [-0.4, -0.2) is 87.0 Å². The Hall–Kier alpha value is -3.63. The first kappa shape index (κ1) is 58.6. The average Bonchev–Trinajstić information content (AvgIpc) is 3.84. The summed E-state index contributed by atoms with van der Waals surface area (Å²) in [5.74, 6) is 0.547. The van der Waals surface area contributed by atoms with Crippen molar-refractivity contribution in [3.8, 4) is 11.5 Å². The van der Waals surface area contributed by atoms with Crippen molar-refractivity contribution in [2.75, 3.05) is 27.9 Å².